The second kappa shape index (κ2) is 8.43. The number of anilines is 1. The molecule has 0 aliphatic carbocycles. The summed E-state index contributed by atoms with van der Waals surface area (Å²) in [4.78, 5) is 40.5. The summed E-state index contributed by atoms with van der Waals surface area (Å²) in [6.45, 7) is 8.09. The molecule has 1 aromatic rings. The van der Waals surface area contributed by atoms with Gasteiger partial charge in [-0.3, -0.25) is 9.59 Å². The van der Waals surface area contributed by atoms with Crippen molar-refractivity contribution >= 4 is 23.7 Å². The Morgan fingerprint density at radius 1 is 1.10 bits per heavy atom. The molecule has 0 N–H and O–H groups in total. The third-order valence-corrected chi connectivity index (χ3v) is 5.29. The number of hydrogen-bond donors (Lipinski definition) is 0. The van der Waals surface area contributed by atoms with Crippen LogP contribution in [0.2, 0.25) is 0 Å². The highest BCUT2D eigenvalue weighted by molar-refractivity contribution is 5.97. The minimum absolute atomic E-state index is 0.0515. The Bertz CT molecular complexity index is 778. The van der Waals surface area contributed by atoms with Gasteiger partial charge in [0.1, 0.15) is 5.60 Å². The zero-order valence-electron chi connectivity index (χ0n) is 17.6. The predicted octanol–water partition coefficient (Wildman–Crippen LogP) is 3.15. The lowest BCUT2D eigenvalue weighted by molar-refractivity contribution is -0.153. The predicted molar refractivity (Wildman–Crippen MR) is 109 cm³/mol. The molecule has 0 radical (unpaired) electrons. The third kappa shape index (κ3) is 5.08. The second-order valence-corrected chi connectivity index (χ2v) is 8.79. The van der Waals surface area contributed by atoms with Gasteiger partial charge in [-0.1, -0.05) is 18.2 Å². The largest absolute Gasteiger partial charge is 0.455 e. The molecule has 2 amide bonds. The van der Waals surface area contributed by atoms with Crippen molar-refractivity contribution in [2.75, 3.05) is 24.6 Å². The molecule has 29 heavy (non-hydrogen) atoms. The standard InChI is InChI=1S/C22H30N2O5/c1-15-13-17-7-5-6-8-18(17)24(15)19(25)14-28-20(26)16-9-11-23(12-10-16)21(27)29-22(2,3)4/h5-8,15-16H,9-14H2,1-4H3/t15-/m0/s1. The maximum Gasteiger partial charge on any atom is 0.410 e. The van der Waals surface area contributed by atoms with E-state index in [0.29, 0.717) is 25.9 Å². The summed E-state index contributed by atoms with van der Waals surface area (Å²) in [7, 11) is 0. The van der Waals surface area contributed by atoms with E-state index < -0.39 is 5.60 Å². The summed E-state index contributed by atoms with van der Waals surface area (Å²) in [5.41, 5.74) is 1.49. The van der Waals surface area contributed by atoms with E-state index in [1.807, 2.05) is 52.0 Å². The molecular formula is C22H30N2O5. The molecule has 1 fully saturated rings. The summed E-state index contributed by atoms with van der Waals surface area (Å²) in [6, 6.07) is 7.86. The van der Waals surface area contributed by atoms with Gasteiger partial charge in [0.15, 0.2) is 6.61 Å². The number of fused-ring (bicyclic) bond motifs is 1. The molecule has 2 aliphatic rings. The van der Waals surface area contributed by atoms with E-state index in [0.717, 1.165) is 17.7 Å². The Balaban J connectivity index is 1.47. The fraction of sp³-hybridized carbons (Fsp3) is 0.591. The van der Waals surface area contributed by atoms with Gasteiger partial charge in [-0.05, 0) is 58.6 Å². The van der Waals surface area contributed by atoms with Crippen LogP contribution in [0.4, 0.5) is 10.5 Å². The topological polar surface area (TPSA) is 76.2 Å². The van der Waals surface area contributed by atoms with Crippen molar-refractivity contribution in [2.45, 2.75) is 58.6 Å². The number of likely N-dealkylation sites (tertiary alicyclic amines) is 1. The van der Waals surface area contributed by atoms with Crippen molar-refractivity contribution < 1.29 is 23.9 Å². The van der Waals surface area contributed by atoms with Gasteiger partial charge in [0.2, 0.25) is 0 Å². The van der Waals surface area contributed by atoms with Gasteiger partial charge in [-0.25, -0.2) is 4.79 Å². The number of para-hydroxylation sites is 1. The van der Waals surface area contributed by atoms with Crippen LogP contribution in [0, 0.1) is 5.92 Å². The smallest absolute Gasteiger partial charge is 0.410 e. The first-order chi connectivity index (χ1) is 13.7. The Labute approximate surface area is 171 Å². The average molecular weight is 402 g/mol. The minimum atomic E-state index is -0.543. The zero-order valence-corrected chi connectivity index (χ0v) is 17.6. The van der Waals surface area contributed by atoms with Crippen molar-refractivity contribution in [2.24, 2.45) is 5.92 Å². The summed E-state index contributed by atoms with van der Waals surface area (Å²) >= 11 is 0. The van der Waals surface area contributed by atoms with Crippen LogP contribution < -0.4 is 4.90 Å². The number of carbonyl (C=O) groups is 3. The Kier molecular flexibility index (Phi) is 6.15. The summed E-state index contributed by atoms with van der Waals surface area (Å²) in [5, 5.41) is 0. The third-order valence-electron chi connectivity index (χ3n) is 5.29. The number of piperidine rings is 1. The first kappa shape index (κ1) is 21.1. The SMILES string of the molecule is C[C@H]1Cc2ccccc2N1C(=O)COC(=O)C1CCN(C(=O)OC(C)(C)C)CC1. The lowest BCUT2D eigenvalue weighted by Gasteiger charge is -2.32. The minimum Gasteiger partial charge on any atom is -0.455 e. The van der Waals surface area contributed by atoms with Crippen LogP contribution >= 0.6 is 0 Å². The Hall–Kier alpha value is -2.57. The molecule has 0 bridgehead atoms. The summed E-state index contributed by atoms with van der Waals surface area (Å²) in [6.07, 6.45) is 1.46. The van der Waals surface area contributed by atoms with Crippen molar-refractivity contribution in [3.8, 4) is 0 Å². The summed E-state index contributed by atoms with van der Waals surface area (Å²) in [5.74, 6) is -0.880. The average Bonchev–Trinajstić information content (AvgIpc) is 3.00. The maximum absolute atomic E-state index is 12.7. The molecule has 7 heteroatoms. The highest BCUT2D eigenvalue weighted by Gasteiger charge is 2.33. The number of hydrogen-bond acceptors (Lipinski definition) is 5. The monoisotopic (exact) mass is 402 g/mol. The van der Waals surface area contributed by atoms with Crippen molar-refractivity contribution in [1.29, 1.82) is 0 Å². The van der Waals surface area contributed by atoms with Crippen molar-refractivity contribution in [3.05, 3.63) is 29.8 Å². The number of ether oxygens (including phenoxy) is 2. The fourth-order valence-corrected chi connectivity index (χ4v) is 3.89. The van der Waals surface area contributed by atoms with Crippen LogP contribution in [0.3, 0.4) is 0 Å². The normalized spacial score (nSPS) is 19.7. The van der Waals surface area contributed by atoms with Gasteiger partial charge < -0.3 is 19.3 Å². The molecule has 1 aromatic carbocycles. The Morgan fingerprint density at radius 3 is 2.41 bits per heavy atom. The Morgan fingerprint density at radius 2 is 1.76 bits per heavy atom. The molecular weight excluding hydrogens is 372 g/mol. The highest BCUT2D eigenvalue weighted by atomic mass is 16.6. The fourth-order valence-electron chi connectivity index (χ4n) is 3.89. The van der Waals surface area contributed by atoms with E-state index in [4.69, 9.17) is 9.47 Å². The lowest BCUT2D eigenvalue weighted by atomic mass is 9.97. The van der Waals surface area contributed by atoms with Gasteiger partial charge in [-0.2, -0.15) is 0 Å². The first-order valence-corrected chi connectivity index (χ1v) is 10.2. The van der Waals surface area contributed by atoms with Gasteiger partial charge >= 0.3 is 12.1 Å². The van der Waals surface area contributed by atoms with Crippen LogP contribution in [0.15, 0.2) is 24.3 Å². The number of rotatable bonds is 3. The molecule has 0 aromatic heterocycles. The maximum atomic E-state index is 12.7. The molecule has 158 valence electrons. The van der Waals surface area contributed by atoms with Gasteiger partial charge in [0.05, 0.1) is 5.92 Å². The molecule has 0 unspecified atom stereocenters. The van der Waals surface area contributed by atoms with E-state index in [1.165, 1.54) is 0 Å². The van der Waals surface area contributed by atoms with E-state index >= 15 is 0 Å². The number of esters is 1. The van der Waals surface area contributed by atoms with Crippen LogP contribution in [0.5, 0.6) is 0 Å². The number of benzene rings is 1. The number of amides is 2. The zero-order chi connectivity index (χ0) is 21.2. The number of nitrogens with zero attached hydrogens (tertiary/aromatic N) is 2. The molecule has 1 saturated heterocycles. The van der Waals surface area contributed by atoms with Crippen LogP contribution in [-0.2, 0) is 25.5 Å². The van der Waals surface area contributed by atoms with Crippen LogP contribution in [-0.4, -0.2) is 54.2 Å². The van der Waals surface area contributed by atoms with Gasteiger partial charge in [0, 0.05) is 24.8 Å². The highest BCUT2D eigenvalue weighted by Crippen LogP contribution is 2.32. The molecule has 0 saturated carbocycles. The van der Waals surface area contributed by atoms with Crippen molar-refractivity contribution in [1.82, 2.24) is 4.90 Å². The van der Waals surface area contributed by atoms with E-state index in [-0.39, 0.29) is 36.5 Å². The van der Waals surface area contributed by atoms with Crippen LogP contribution in [0.1, 0.15) is 46.1 Å². The molecule has 0 spiro atoms. The van der Waals surface area contributed by atoms with Gasteiger partial charge in [-0.15, -0.1) is 0 Å². The van der Waals surface area contributed by atoms with Crippen molar-refractivity contribution in [3.63, 3.8) is 0 Å². The quantitative estimate of drug-likeness (QED) is 0.726. The van der Waals surface area contributed by atoms with E-state index in [1.54, 1.807) is 9.80 Å². The lowest BCUT2D eigenvalue weighted by Crippen LogP contribution is -2.44. The van der Waals surface area contributed by atoms with E-state index in [9.17, 15) is 14.4 Å². The number of carbonyl (C=O) groups excluding carboxylic acids is 3. The second-order valence-electron chi connectivity index (χ2n) is 8.79. The molecule has 3 rings (SSSR count). The first-order valence-electron chi connectivity index (χ1n) is 10.2. The van der Waals surface area contributed by atoms with Gasteiger partial charge in [0.25, 0.3) is 5.91 Å². The molecule has 2 aliphatic heterocycles. The molecule has 2 heterocycles. The summed E-state index contributed by atoms with van der Waals surface area (Å²) < 4.78 is 10.7. The molecule has 1 atom stereocenters. The van der Waals surface area contributed by atoms with Crippen LogP contribution in [0.25, 0.3) is 0 Å². The molecule has 7 nitrogen and oxygen atoms in total. The van der Waals surface area contributed by atoms with E-state index in [2.05, 4.69) is 0 Å².